The van der Waals surface area contributed by atoms with Crippen LogP contribution in [0.1, 0.15) is 19.3 Å². The van der Waals surface area contributed by atoms with E-state index in [1.54, 1.807) is 15.8 Å². The van der Waals surface area contributed by atoms with Gasteiger partial charge in [0.05, 0.1) is 0 Å². The fourth-order valence-corrected chi connectivity index (χ4v) is 2.55. The van der Waals surface area contributed by atoms with Crippen LogP contribution in [0.15, 0.2) is 42.7 Å². The largest absolute Gasteiger partial charge is 0.326 e. The number of amides is 2. The quantitative estimate of drug-likeness (QED) is 0.918. The fourth-order valence-electron chi connectivity index (χ4n) is 2.55. The summed E-state index contributed by atoms with van der Waals surface area (Å²) in [7, 11) is 0. The standard InChI is InChI=1S/C16H18N4O2/c21-15(7-11-19-9-3-8-17-19)18-13-4-1-5-14(12-13)20-10-2-6-16(20)22/h1,3-5,8-9,12H,2,6-7,10-11H2,(H,18,21). The Labute approximate surface area is 128 Å². The zero-order valence-corrected chi connectivity index (χ0v) is 12.2. The Morgan fingerprint density at radius 2 is 2.23 bits per heavy atom. The molecule has 1 saturated heterocycles. The van der Waals surface area contributed by atoms with Gasteiger partial charge >= 0.3 is 0 Å². The van der Waals surface area contributed by atoms with Crippen molar-refractivity contribution in [2.24, 2.45) is 0 Å². The number of hydrogen-bond donors (Lipinski definition) is 1. The van der Waals surface area contributed by atoms with Gasteiger partial charge < -0.3 is 10.2 Å². The lowest BCUT2D eigenvalue weighted by Crippen LogP contribution is -2.23. The topological polar surface area (TPSA) is 67.2 Å². The number of benzene rings is 1. The molecule has 0 aliphatic carbocycles. The van der Waals surface area contributed by atoms with E-state index >= 15 is 0 Å². The maximum atomic E-state index is 12.0. The minimum absolute atomic E-state index is 0.0691. The van der Waals surface area contributed by atoms with Crippen LogP contribution in [0.4, 0.5) is 11.4 Å². The molecule has 0 unspecified atom stereocenters. The Morgan fingerprint density at radius 1 is 1.32 bits per heavy atom. The van der Waals surface area contributed by atoms with Crippen molar-refractivity contribution >= 4 is 23.2 Å². The van der Waals surface area contributed by atoms with E-state index in [0.29, 0.717) is 25.1 Å². The number of carbonyl (C=O) groups excluding carboxylic acids is 2. The Hall–Kier alpha value is -2.63. The van der Waals surface area contributed by atoms with Crippen molar-refractivity contribution in [1.82, 2.24) is 9.78 Å². The molecule has 0 atom stereocenters. The molecule has 6 nitrogen and oxygen atoms in total. The van der Waals surface area contributed by atoms with E-state index in [1.807, 2.05) is 36.5 Å². The molecule has 2 heterocycles. The van der Waals surface area contributed by atoms with Gasteiger partial charge in [-0.05, 0) is 30.7 Å². The summed E-state index contributed by atoms with van der Waals surface area (Å²) in [5.41, 5.74) is 1.55. The van der Waals surface area contributed by atoms with E-state index < -0.39 is 0 Å². The predicted octanol–water partition coefficient (Wildman–Crippen LogP) is 2.04. The lowest BCUT2D eigenvalue weighted by atomic mass is 10.2. The van der Waals surface area contributed by atoms with Gasteiger partial charge in [0, 0.05) is 49.7 Å². The van der Waals surface area contributed by atoms with Crippen LogP contribution in [0.5, 0.6) is 0 Å². The Balaban J connectivity index is 1.60. The monoisotopic (exact) mass is 298 g/mol. The molecule has 1 aliphatic heterocycles. The molecule has 0 bridgehead atoms. The maximum Gasteiger partial charge on any atom is 0.227 e. The summed E-state index contributed by atoms with van der Waals surface area (Å²) >= 11 is 0. The van der Waals surface area contributed by atoms with Crippen molar-refractivity contribution in [3.63, 3.8) is 0 Å². The van der Waals surface area contributed by atoms with Gasteiger partial charge in [-0.1, -0.05) is 6.07 Å². The lowest BCUT2D eigenvalue weighted by Gasteiger charge is -2.16. The molecule has 22 heavy (non-hydrogen) atoms. The first-order valence-electron chi connectivity index (χ1n) is 7.40. The molecule has 1 aromatic carbocycles. The number of aromatic nitrogens is 2. The smallest absolute Gasteiger partial charge is 0.227 e. The molecule has 1 fully saturated rings. The van der Waals surface area contributed by atoms with Crippen molar-refractivity contribution in [2.75, 3.05) is 16.8 Å². The molecular formula is C16H18N4O2. The molecule has 0 spiro atoms. The van der Waals surface area contributed by atoms with E-state index in [9.17, 15) is 9.59 Å². The average molecular weight is 298 g/mol. The first kappa shape index (κ1) is 14.3. The van der Waals surface area contributed by atoms with Crippen LogP contribution in [0.3, 0.4) is 0 Å². The third kappa shape index (κ3) is 3.33. The SMILES string of the molecule is O=C(CCn1cccn1)Nc1cccc(N2CCCC2=O)c1. The van der Waals surface area contributed by atoms with Crippen molar-refractivity contribution in [3.05, 3.63) is 42.7 Å². The van der Waals surface area contributed by atoms with E-state index in [1.165, 1.54) is 0 Å². The van der Waals surface area contributed by atoms with Gasteiger partial charge in [-0.15, -0.1) is 0 Å². The third-order valence-electron chi connectivity index (χ3n) is 3.64. The number of anilines is 2. The Bertz CT molecular complexity index is 667. The summed E-state index contributed by atoms with van der Waals surface area (Å²) in [6.07, 6.45) is 5.36. The van der Waals surface area contributed by atoms with Gasteiger partial charge in [0.15, 0.2) is 0 Å². The van der Waals surface area contributed by atoms with Gasteiger partial charge in [0.2, 0.25) is 11.8 Å². The van der Waals surface area contributed by atoms with Gasteiger partial charge in [-0.3, -0.25) is 14.3 Å². The number of hydrogen-bond acceptors (Lipinski definition) is 3. The third-order valence-corrected chi connectivity index (χ3v) is 3.64. The number of nitrogens with zero attached hydrogens (tertiary/aromatic N) is 3. The van der Waals surface area contributed by atoms with Gasteiger partial charge in [-0.2, -0.15) is 5.10 Å². The van der Waals surface area contributed by atoms with Crippen LogP contribution >= 0.6 is 0 Å². The first-order chi connectivity index (χ1) is 10.7. The predicted molar refractivity (Wildman–Crippen MR) is 83.5 cm³/mol. The number of nitrogens with one attached hydrogen (secondary N) is 1. The van der Waals surface area contributed by atoms with E-state index in [2.05, 4.69) is 10.4 Å². The highest BCUT2D eigenvalue weighted by Crippen LogP contribution is 2.24. The second kappa shape index (κ2) is 6.43. The first-order valence-corrected chi connectivity index (χ1v) is 7.40. The van der Waals surface area contributed by atoms with Gasteiger partial charge in [0.25, 0.3) is 0 Å². The Kier molecular flexibility index (Phi) is 4.18. The normalized spacial score (nSPS) is 14.4. The van der Waals surface area contributed by atoms with Crippen LogP contribution < -0.4 is 10.2 Å². The van der Waals surface area contributed by atoms with Crippen molar-refractivity contribution in [3.8, 4) is 0 Å². The zero-order chi connectivity index (χ0) is 15.4. The molecular weight excluding hydrogens is 280 g/mol. The summed E-state index contributed by atoms with van der Waals surface area (Å²) in [6, 6.07) is 9.24. The number of aryl methyl sites for hydroxylation is 1. The minimum atomic E-state index is -0.0691. The summed E-state index contributed by atoms with van der Waals surface area (Å²) in [5.74, 6) is 0.0718. The molecule has 114 valence electrons. The molecule has 6 heteroatoms. The maximum absolute atomic E-state index is 12.0. The molecule has 0 saturated carbocycles. The zero-order valence-electron chi connectivity index (χ0n) is 12.2. The molecule has 3 rings (SSSR count). The summed E-state index contributed by atoms with van der Waals surface area (Å²) in [6.45, 7) is 1.29. The van der Waals surface area contributed by atoms with Crippen LogP contribution in [-0.4, -0.2) is 28.1 Å². The fraction of sp³-hybridized carbons (Fsp3) is 0.312. The highest BCUT2D eigenvalue weighted by molar-refractivity contribution is 5.97. The summed E-state index contributed by atoms with van der Waals surface area (Å²) in [4.78, 5) is 25.5. The van der Waals surface area contributed by atoms with Gasteiger partial charge in [0.1, 0.15) is 0 Å². The van der Waals surface area contributed by atoms with Crippen molar-refractivity contribution in [2.45, 2.75) is 25.8 Å². The van der Waals surface area contributed by atoms with E-state index in [4.69, 9.17) is 0 Å². The van der Waals surface area contributed by atoms with Crippen LogP contribution in [-0.2, 0) is 16.1 Å². The summed E-state index contributed by atoms with van der Waals surface area (Å²) < 4.78 is 1.72. The molecule has 2 aromatic rings. The molecule has 0 radical (unpaired) electrons. The van der Waals surface area contributed by atoms with Crippen LogP contribution in [0, 0.1) is 0 Å². The van der Waals surface area contributed by atoms with Crippen molar-refractivity contribution < 1.29 is 9.59 Å². The molecule has 1 N–H and O–H groups in total. The highest BCUT2D eigenvalue weighted by Gasteiger charge is 2.21. The lowest BCUT2D eigenvalue weighted by molar-refractivity contribution is -0.117. The second-order valence-corrected chi connectivity index (χ2v) is 5.27. The molecule has 2 amide bonds. The molecule has 1 aromatic heterocycles. The average Bonchev–Trinajstić information content (AvgIpc) is 3.16. The second-order valence-electron chi connectivity index (χ2n) is 5.27. The number of carbonyl (C=O) groups is 2. The minimum Gasteiger partial charge on any atom is -0.326 e. The molecule has 1 aliphatic rings. The Morgan fingerprint density at radius 3 is 2.95 bits per heavy atom. The van der Waals surface area contributed by atoms with Crippen molar-refractivity contribution in [1.29, 1.82) is 0 Å². The van der Waals surface area contributed by atoms with Crippen LogP contribution in [0.2, 0.25) is 0 Å². The van der Waals surface area contributed by atoms with Crippen LogP contribution in [0.25, 0.3) is 0 Å². The van der Waals surface area contributed by atoms with E-state index in [0.717, 1.165) is 18.7 Å². The van der Waals surface area contributed by atoms with E-state index in [-0.39, 0.29) is 11.8 Å². The highest BCUT2D eigenvalue weighted by atomic mass is 16.2. The number of rotatable bonds is 5. The van der Waals surface area contributed by atoms with Gasteiger partial charge in [-0.25, -0.2) is 0 Å². The summed E-state index contributed by atoms with van der Waals surface area (Å²) in [5, 5.41) is 6.93.